The van der Waals surface area contributed by atoms with Crippen LogP contribution in [-0.2, 0) is 5.41 Å². The van der Waals surface area contributed by atoms with Crippen molar-refractivity contribution in [2.24, 2.45) is 0 Å². The summed E-state index contributed by atoms with van der Waals surface area (Å²) in [6, 6.07) is 30.3. The Balaban J connectivity index is 1.74. The van der Waals surface area contributed by atoms with Gasteiger partial charge in [0.15, 0.2) is 0 Å². The van der Waals surface area contributed by atoms with Crippen LogP contribution in [0.2, 0.25) is 0 Å². The van der Waals surface area contributed by atoms with E-state index >= 15 is 0 Å². The number of fused-ring (bicyclic) bond motifs is 9. The number of benzene rings is 3. The first kappa shape index (κ1) is 18.9. The van der Waals surface area contributed by atoms with Crippen molar-refractivity contribution in [2.75, 3.05) is 0 Å². The van der Waals surface area contributed by atoms with Crippen LogP contribution in [0, 0.1) is 0 Å². The summed E-state index contributed by atoms with van der Waals surface area (Å²) in [5.74, 6) is 0.977. The van der Waals surface area contributed by atoms with Crippen LogP contribution in [0.25, 0.3) is 55.2 Å². The number of pyridine rings is 2. The Bertz CT molecular complexity index is 1970. The van der Waals surface area contributed by atoms with Gasteiger partial charge >= 0.3 is 0 Å². The molecule has 0 N–H and O–H groups in total. The zero-order valence-electron chi connectivity index (χ0n) is 19.5. The van der Waals surface area contributed by atoms with E-state index in [1.165, 1.54) is 43.8 Å². The summed E-state index contributed by atoms with van der Waals surface area (Å²) in [6.07, 6.45) is 3.77. The summed E-state index contributed by atoms with van der Waals surface area (Å²) < 4.78 is 4.70. The summed E-state index contributed by atoms with van der Waals surface area (Å²) in [5.41, 5.74) is 8.10. The van der Waals surface area contributed by atoms with Gasteiger partial charge in [-0.1, -0.05) is 56.3 Å². The molecule has 8 rings (SSSR count). The maximum atomic E-state index is 4.89. The molecule has 3 aromatic carbocycles. The lowest BCUT2D eigenvalue weighted by Crippen LogP contribution is -2.27. The minimum absolute atomic E-state index is 0.198. The summed E-state index contributed by atoms with van der Waals surface area (Å²) in [5, 5.41) is 4.94. The van der Waals surface area contributed by atoms with E-state index in [2.05, 4.69) is 95.8 Å². The third kappa shape index (κ3) is 2.22. The van der Waals surface area contributed by atoms with E-state index in [1.807, 2.05) is 24.5 Å². The molecule has 166 valence electrons. The van der Waals surface area contributed by atoms with Gasteiger partial charge in [0, 0.05) is 50.6 Å². The normalized spacial score (nSPS) is 14.2. The minimum Gasteiger partial charge on any atom is -0.309 e. The monoisotopic (exact) mass is 450 g/mol. The topological polar surface area (TPSA) is 35.6 Å². The van der Waals surface area contributed by atoms with Gasteiger partial charge in [-0.2, -0.15) is 0 Å². The number of para-hydroxylation sites is 2. The Labute approximate surface area is 202 Å². The van der Waals surface area contributed by atoms with Gasteiger partial charge in [0.1, 0.15) is 11.5 Å². The van der Waals surface area contributed by atoms with Crippen molar-refractivity contribution in [3.63, 3.8) is 0 Å². The molecule has 0 saturated carbocycles. The van der Waals surface area contributed by atoms with Crippen molar-refractivity contribution in [3.8, 4) is 11.5 Å². The zero-order chi connectivity index (χ0) is 23.3. The Morgan fingerprint density at radius 2 is 1.37 bits per heavy atom. The Morgan fingerprint density at radius 1 is 0.629 bits per heavy atom. The SMILES string of the molecule is CC1(C)c2cccnc2-n2c3ncccc3c3c2c1cc1c2ccccc2n(-c2ccccc2)c13. The lowest BCUT2D eigenvalue weighted by Gasteiger charge is -2.33. The molecule has 0 radical (unpaired) electrons. The van der Waals surface area contributed by atoms with E-state index < -0.39 is 0 Å². The summed E-state index contributed by atoms with van der Waals surface area (Å²) in [7, 11) is 0. The van der Waals surface area contributed by atoms with Crippen LogP contribution in [-0.4, -0.2) is 19.1 Å². The number of aromatic nitrogens is 4. The summed E-state index contributed by atoms with van der Waals surface area (Å²) in [6.45, 7) is 4.64. The molecule has 0 fully saturated rings. The smallest absolute Gasteiger partial charge is 0.146 e. The van der Waals surface area contributed by atoms with Crippen LogP contribution in [0.1, 0.15) is 25.0 Å². The first-order valence-electron chi connectivity index (χ1n) is 12.0. The fraction of sp³-hybridized carbons (Fsp3) is 0.0968. The third-order valence-electron chi connectivity index (χ3n) is 7.78. The van der Waals surface area contributed by atoms with Gasteiger partial charge in [-0.3, -0.25) is 4.57 Å². The van der Waals surface area contributed by atoms with Crippen LogP contribution in [0.5, 0.6) is 0 Å². The van der Waals surface area contributed by atoms with Gasteiger partial charge in [-0.25, -0.2) is 9.97 Å². The highest BCUT2D eigenvalue weighted by Gasteiger charge is 2.37. The van der Waals surface area contributed by atoms with E-state index in [0.29, 0.717) is 0 Å². The highest BCUT2D eigenvalue weighted by atomic mass is 15.1. The average molecular weight is 451 g/mol. The number of nitrogens with zero attached hydrogens (tertiary/aromatic N) is 4. The molecule has 0 unspecified atom stereocenters. The maximum Gasteiger partial charge on any atom is 0.146 e. The first-order valence-corrected chi connectivity index (χ1v) is 12.0. The van der Waals surface area contributed by atoms with E-state index in [1.54, 1.807) is 0 Å². The van der Waals surface area contributed by atoms with E-state index in [9.17, 15) is 0 Å². The molecular weight excluding hydrogens is 428 g/mol. The molecule has 1 aliphatic heterocycles. The second-order valence-electron chi connectivity index (χ2n) is 9.94. The van der Waals surface area contributed by atoms with Gasteiger partial charge in [-0.05, 0) is 48.0 Å². The van der Waals surface area contributed by atoms with Crippen molar-refractivity contribution in [3.05, 3.63) is 108 Å². The fourth-order valence-corrected chi connectivity index (χ4v) is 6.22. The first-order chi connectivity index (χ1) is 17.2. The molecule has 0 amide bonds. The van der Waals surface area contributed by atoms with Crippen LogP contribution < -0.4 is 0 Å². The maximum absolute atomic E-state index is 4.89. The van der Waals surface area contributed by atoms with Crippen LogP contribution >= 0.6 is 0 Å². The van der Waals surface area contributed by atoms with Gasteiger partial charge < -0.3 is 4.57 Å². The van der Waals surface area contributed by atoms with Gasteiger partial charge in [0.2, 0.25) is 0 Å². The molecule has 5 heterocycles. The minimum atomic E-state index is -0.198. The molecule has 0 bridgehead atoms. The summed E-state index contributed by atoms with van der Waals surface area (Å²) in [4.78, 5) is 9.77. The van der Waals surface area contributed by atoms with Crippen LogP contribution in [0.4, 0.5) is 0 Å². The molecule has 0 aliphatic carbocycles. The molecule has 1 aliphatic rings. The van der Waals surface area contributed by atoms with Crippen molar-refractivity contribution < 1.29 is 0 Å². The highest BCUT2D eigenvalue weighted by molar-refractivity contribution is 6.27. The number of rotatable bonds is 1. The number of hydrogen-bond acceptors (Lipinski definition) is 2. The molecule has 4 heteroatoms. The van der Waals surface area contributed by atoms with Crippen molar-refractivity contribution in [2.45, 2.75) is 19.3 Å². The van der Waals surface area contributed by atoms with Crippen molar-refractivity contribution in [1.29, 1.82) is 0 Å². The van der Waals surface area contributed by atoms with Gasteiger partial charge in [0.05, 0.1) is 16.6 Å². The molecular formula is C31H22N4. The lowest BCUT2D eigenvalue weighted by molar-refractivity contribution is 0.624. The Kier molecular flexibility index (Phi) is 3.44. The van der Waals surface area contributed by atoms with E-state index in [0.717, 1.165) is 22.5 Å². The number of hydrogen-bond donors (Lipinski definition) is 0. The Morgan fingerprint density at radius 3 is 2.26 bits per heavy atom. The highest BCUT2D eigenvalue weighted by Crippen LogP contribution is 2.50. The van der Waals surface area contributed by atoms with E-state index in [4.69, 9.17) is 9.97 Å². The van der Waals surface area contributed by atoms with Gasteiger partial charge in [0.25, 0.3) is 0 Å². The molecule has 4 aromatic heterocycles. The third-order valence-corrected chi connectivity index (χ3v) is 7.78. The average Bonchev–Trinajstić information content (AvgIpc) is 3.41. The molecule has 0 spiro atoms. The molecule has 7 aromatic rings. The van der Waals surface area contributed by atoms with Crippen LogP contribution in [0.15, 0.2) is 97.3 Å². The molecule has 4 nitrogen and oxygen atoms in total. The Hall–Kier alpha value is -4.44. The molecule has 0 atom stereocenters. The van der Waals surface area contributed by atoms with Crippen molar-refractivity contribution in [1.82, 2.24) is 19.1 Å². The fourth-order valence-electron chi connectivity index (χ4n) is 6.22. The van der Waals surface area contributed by atoms with E-state index in [-0.39, 0.29) is 5.41 Å². The largest absolute Gasteiger partial charge is 0.309 e. The standard InChI is InChI=1S/C31H22N4/c1-31(2)23-14-9-17-33-30(23)35-28-24(31)18-22-20-12-6-7-15-25(20)34(19-10-4-3-5-11-19)27(22)26(28)21-13-8-16-32-29(21)35/h3-18H,1-2H3. The quantitative estimate of drug-likeness (QED) is 0.263. The van der Waals surface area contributed by atoms with Crippen molar-refractivity contribution >= 4 is 43.7 Å². The molecule has 0 saturated heterocycles. The predicted octanol–water partition coefficient (Wildman–Crippen LogP) is 7.31. The predicted molar refractivity (Wildman–Crippen MR) is 143 cm³/mol. The van der Waals surface area contributed by atoms with Crippen LogP contribution in [0.3, 0.4) is 0 Å². The second kappa shape index (κ2) is 6.36. The van der Waals surface area contributed by atoms with Gasteiger partial charge in [-0.15, -0.1) is 0 Å². The second-order valence-corrected chi connectivity index (χ2v) is 9.94. The summed E-state index contributed by atoms with van der Waals surface area (Å²) >= 11 is 0. The molecule has 35 heavy (non-hydrogen) atoms. The lowest BCUT2D eigenvalue weighted by atomic mass is 9.75. The zero-order valence-corrected chi connectivity index (χ0v) is 19.5.